The van der Waals surface area contributed by atoms with Gasteiger partial charge in [0.05, 0.1) is 26.2 Å². The molecule has 114 valence electrons. The van der Waals surface area contributed by atoms with Gasteiger partial charge in [-0.2, -0.15) is 0 Å². The van der Waals surface area contributed by atoms with Crippen LogP contribution in [-0.4, -0.2) is 11.0 Å². The Kier molecular flexibility index (Phi) is 4.85. The molecule has 0 aliphatic carbocycles. The number of amides is 2. The maximum absolute atomic E-state index is 11.9. The van der Waals surface area contributed by atoms with E-state index >= 15 is 0 Å². The van der Waals surface area contributed by atoms with Crippen LogP contribution >= 0.6 is 23.2 Å². The van der Waals surface area contributed by atoms with Crippen molar-refractivity contribution in [2.45, 2.75) is 6.92 Å². The fourth-order valence-corrected chi connectivity index (χ4v) is 2.11. The van der Waals surface area contributed by atoms with Crippen LogP contribution in [0.5, 0.6) is 0 Å². The second-order valence-electron chi connectivity index (χ2n) is 4.41. The van der Waals surface area contributed by atoms with Gasteiger partial charge in [-0.15, -0.1) is 0 Å². The largest absolute Gasteiger partial charge is 0.323 e. The zero-order chi connectivity index (χ0) is 16.3. The number of rotatable bonds is 3. The summed E-state index contributed by atoms with van der Waals surface area (Å²) in [6.45, 7) is 1.56. The van der Waals surface area contributed by atoms with Gasteiger partial charge in [-0.1, -0.05) is 29.3 Å². The first-order chi connectivity index (χ1) is 10.4. The lowest BCUT2D eigenvalue weighted by molar-refractivity contribution is -0.385. The molecule has 2 amide bonds. The Morgan fingerprint density at radius 1 is 1.14 bits per heavy atom. The van der Waals surface area contributed by atoms with Crippen LogP contribution in [0.2, 0.25) is 10.0 Å². The highest BCUT2D eigenvalue weighted by atomic mass is 35.5. The standard InChI is InChI=1S/C14H11Cl2N3O3/c1-8-12(3-2-4-13(8)19(21)22)18-14(20)17-9-5-6-10(15)11(16)7-9/h2-7H,1H3,(H2,17,18,20). The highest BCUT2D eigenvalue weighted by Gasteiger charge is 2.14. The number of nitrogens with zero attached hydrogens (tertiary/aromatic N) is 1. The Hall–Kier alpha value is -2.31. The number of halogens is 2. The third-order valence-electron chi connectivity index (χ3n) is 2.93. The van der Waals surface area contributed by atoms with E-state index in [1.165, 1.54) is 18.2 Å². The molecule has 8 heteroatoms. The summed E-state index contributed by atoms with van der Waals surface area (Å²) in [4.78, 5) is 22.3. The van der Waals surface area contributed by atoms with Gasteiger partial charge in [0.25, 0.3) is 5.69 Å². The van der Waals surface area contributed by atoms with Crippen molar-refractivity contribution in [2.24, 2.45) is 0 Å². The molecule has 2 rings (SSSR count). The summed E-state index contributed by atoms with van der Waals surface area (Å²) < 4.78 is 0. The van der Waals surface area contributed by atoms with Gasteiger partial charge in [-0.3, -0.25) is 10.1 Å². The molecule has 0 saturated carbocycles. The van der Waals surface area contributed by atoms with Crippen LogP contribution in [0, 0.1) is 17.0 Å². The van der Waals surface area contributed by atoms with Crippen molar-refractivity contribution in [1.82, 2.24) is 0 Å². The average molecular weight is 340 g/mol. The van der Waals surface area contributed by atoms with E-state index < -0.39 is 11.0 Å². The number of nitrogens with one attached hydrogen (secondary N) is 2. The number of hydrogen-bond acceptors (Lipinski definition) is 3. The minimum atomic E-state index is -0.540. The Morgan fingerprint density at radius 3 is 2.50 bits per heavy atom. The second-order valence-corrected chi connectivity index (χ2v) is 5.23. The number of nitro benzene ring substituents is 1. The maximum atomic E-state index is 11.9. The minimum Gasteiger partial charge on any atom is -0.308 e. The number of anilines is 2. The molecular weight excluding hydrogens is 329 g/mol. The zero-order valence-electron chi connectivity index (χ0n) is 11.4. The summed E-state index contributed by atoms with van der Waals surface area (Å²) in [5, 5.41) is 16.7. The van der Waals surface area contributed by atoms with Crippen LogP contribution in [0.4, 0.5) is 21.9 Å². The van der Waals surface area contributed by atoms with Crippen LogP contribution in [0.3, 0.4) is 0 Å². The number of carbonyl (C=O) groups is 1. The normalized spacial score (nSPS) is 10.1. The first-order valence-corrected chi connectivity index (χ1v) is 6.91. The molecule has 2 N–H and O–H groups in total. The molecule has 0 spiro atoms. The SMILES string of the molecule is Cc1c(NC(=O)Nc2ccc(Cl)c(Cl)c2)cccc1[N+](=O)[O-]. The Bertz CT molecular complexity index is 750. The molecule has 0 radical (unpaired) electrons. The van der Waals surface area contributed by atoms with Crippen molar-refractivity contribution in [2.75, 3.05) is 10.6 Å². The van der Waals surface area contributed by atoms with E-state index in [0.717, 1.165) is 0 Å². The topological polar surface area (TPSA) is 84.3 Å². The van der Waals surface area contributed by atoms with E-state index in [-0.39, 0.29) is 5.69 Å². The molecular formula is C14H11Cl2N3O3. The van der Waals surface area contributed by atoms with Crippen molar-refractivity contribution >= 4 is 46.3 Å². The van der Waals surface area contributed by atoms with Crippen molar-refractivity contribution in [3.8, 4) is 0 Å². The molecule has 0 unspecified atom stereocenters. The smallest absolute Gasteiger partial charge is 0.308 e. The lowest BCUT2D eigenvalue weighted by Gasteiger charge is -2.10. The second kappa shape index (κ2) is 6.64. The van der Waals surface area contributed by atoms with Gasteiger partial charge in [0.1, 0.15) is 0 Å². The summed E-state index contributed by atoms with van der Waals surface area (Å²) >= 11 is 11.7. The number of hydrogen-bond donors (Lipinski definition) is 2. The lowest BCUT2D eigenvalue weighted by Crippen LogP contribution is -2.20. The third-order valence-corrected chi connectivity index (χ3v) is 3.67. The summed E-state index contributed by atoms with van der Waals surface area (Å²) in [7, 11) is 0. The average Bonchev–Trinajstić information content (AvgIpc) is 2.45. The monoisotopic (exact) mass is 339 g/mol. The van der Waals surface area contributed by atoms with Crippen molar-refractivity contribution in [3.05, 3.63) is 62.1 Å². The predicted octanol–water partition coefficient (Wildman–Crippen LogP) is 4.85. The molecule has 0 saturated heterocycles. The maximum Gasteiger partial charge on any atom is 0.323 e. The highest BCUT2D eigenvalue weighted by Crippen LogP contribution is 2.26. The molecule has 0 atom stereocenters. The van der Waals surface area contributed by atoms with Gasteiger partial charge in [-0.25, -0.2) is 4.79 Å². The van der Waals surface area contributed by atoms with E-state index in [1.54, 1.807) is 25.1 Å². The summed E-state index contributed by atoms with van der Waals surface area (Å²) in [5.74, 6) is 0. The molecule has 0 aromatic heterocycles. The van der Waals surface area contributed by atoms with Crippen LogP contribution in [0.15, 0.2) is 36.4 Å². The van der Waals surface area contributed by atoms with Crippen LogP contribution in [-0.2, 0) is 0 Å². The predicted molar refractivity (Wildman–Crippen MR) is 86.9 cm³/mol. The van der Waals surface area contributed by atoms with Gasteiger partial charge in [0, 0.05) is 11.8 Å². The van der Waals surface area contributed by atoms with Crippen LogP contribution in [0.1, 0.15) is 5.56 Å². The first-order valence-electron chi connectivity index (χ1n) is 6.15. The lowest BCUT2D eigenvalue weighted by atomic mass is 10.1. The molecule has 0 bridgehead atoms. The van der Waals surface area contributed by atoms with E-state index in [9.17, 15) is 14.9 Å². The number of carbonyl (C=O) groups excluding carboxylic acids is 1. The van der Waals surface area contributed by atoms with E-state index in [4.69, 9.17) is 23.2 Å². The molecule has 0 aliphatic rings. The van der Waals surface area contributed by atoms with E-state index in [0.29, 0.717) is 27.0 Å². The van der Waals surface area contributed by atoms with Gasteiger partial charge in [-0.05, 0) is 31.2 Å². The van der Waals surface area contributed by atoms with Crippen molar-refractivity contribution in [1.29, 1.82) is 0 Å². The quantitative estimate of drug-likeness (QED) is 0.618. The van der Waals surface area contributed by atoms with E-state index in [1.807, 2.05) is 0 Å². The molecule has 6 nitrogen and oxygen atoms in total. The summed E-state index contributed by atoms with van der Waals surface area (Å²) in [6, 6.07) is 8.56. The Morgan fingerprint density at radius 2 is 1.86 bits per heavy atom. The number of urea groups is 1. The van der Waals surface area contributed by atoms with Gasteiger partial charge in [0.15, 0.2) is 0 Å². The van der Waals surface area contributed by atoms with Gasteiger partial charge < -0.3 is 10.6 Å². The molecule has 2 aromatic rings. The fourth-order valence-electron chi connectivity index (χ4n) is 1.82. The summed E-state index contributed by atoms with van der Waals surface area (Å²) in [6.07, 6.45) is 0. The highest BCUT2D eigenvalue weighted by molar-refractivity contribution is 6.42. The molecule has 22 heavy (non-hydrogen) atoms. The van der Waals surface area contributed by atoms with Crippen LogP contribution < -0.4 is 10.6 Å². The molecule has 0 fully saturated rings. The van der Waals surface area contributed by atoms with Gasteiger partial charge in [0.2, 0.25) is 0 Å². The van der Waals surface area contributed by atoms with Gasteiger partial charge >= 0.3 is 6.03 Å². The summed E-state index contributed by atoms with van der Waals surface area (Å²) in [5.41, 5.74) is 1.12. The van der Waals surface area contributed by atoms with Crippen molar-refractivity contribution in [3.63, 3.8) is 0 Å². The fraction of sp³-hybridized carbons (Fsp3) is 0.0714. The number of nitro groups is 1. The molecule has 2 aromatic carbocycles. The first kappa shape index (κ1) is 16.1. The minimum absolute atomic E-state index is 0.0627. The van der Waals surface area contributed by atoms with Crippen molar-refractivity contribution < 1.29 is 9.72 Å². The molecule has 0 heterocycles. The van der Waals surface area contributed by atoms with E-state index in [2.05, 4.69) is 10.6 Å². The Balaban J connectivity index is 2.14. The molecule has 0 aliphatic heterocycles. The Labute approximate surface area is 136 Å². The number of benzene rings is 2. The third kappa shape index (κ3) is 3.66. The van der Waals surface area contributed by atoms with Crippen LogP contribution in [0.25, 0.3) is 0 Å². The zero-order valence-corrected chi connectivity index (χ0v) is 12.9.